The number of hydrogen-bond acceptors (Lipinski definition) is 4. The third-order valence-corrected chi connectivity index (χ3v) is 5.35. The molecule has 2 N–H and O–H groups in total. The average molecular weight is 344 g/mol. The highest BCUT2D eigenvalue weighted by Crippen LogP contribution is 2.20. The molecule has 1 saturated heterocycles. The molecular weight excluding hydrogens is 318 g/mol. The van der Waals surface area contributed by atoms with E-state index in [1.165, 1.54) is 16.1 Å². The molecular formula is C18H25N5S. The summed E-state index contributed by atoms with van der Waals surface area (Å²) in [7, 11) is 1.82. The maximum Gasteiger partial charge on any atom is 0.191 e. The Kier molecular flexibility index (Phi) is 5.35. The minimum atomic E-state index is 0.417. The molecule has 0 amide bonds. The van der Waals surface area contributed by atoms with Gasteiger partial charge in [0.25, 0.3) is 0 Å². The SMILES string of the molecule is CN=C(NCc1scnc1C)NC1CCN(c2ccc(C)cc2)C1. The Morgan fingerprint density at radius 2 is 2.12 bits per heavy atom. The molecule has 6 heteroatoms. The van der Waals surface area contributed by atoms with Gasteiger partial charge in [-0.3, -0.25) is 4.99 Å². The van der Waals surface area contributed by atoms with Crippen LogP contribution < -0.4 is 15.5 Å². The standard InChI is InChI=1S/C18H25N5S/c1-13-4-6-16(7-5-13)23-9-8-15(11-23)22-18(19-3)20-10-17-14(2)21-12-24-17/h4-7,12,15H,8-11H2,1-3H3,(H2,19,20,22). The van der Waals surface area contributed by atoms with Crippen LogP contribution in [0.4, 0.5) is 5.69 Å². The minimum absolute atomic E-state index is 0.417. The molecule has 1 aliphatic heterocycles. The first kappa shape index (κ1) is 16.8. The van der Waals surface area contributed by atoms with Crippen LogP contribution in [0.3, 0.4) is 0 Å². The lowest BCUT2D eigenvalue weighted by atomic mass is 10.2. The molecule has 1 unspecified atom stereocenters. The Bertz CT molecular complexity index is 692. The van der Waals surface area contributed by atoms with E-state index in [1.54, 1.807) is 11.3 Å². The van der Waals surface area contributed by atoms with E-state index in [4.69, 9.17) is 0 Å². The molecule has 1 aromatic heterocycles. The zero-order valence-electron chi connectivity index (χ0n) is 14.5. The van der Waals surface area contributed by atoms with E-state index >= 15 is 0 Å². The third kappa shape index (κ3) is 4.06. The summed E-state index contributed by atoms with van der Waals surface area (Å²) in [6.07, 6.45) is 1.12. The highest BCUT2D eigenvalue weighted by Gasteiger charge is 2.23. The van der Waals surface area contributed by atoms with Crippen molar-refractivity contribution < 1.29 is 0 Å². The Morgan fingerprint density at radius 3 is 2.79 bits per heavy atom. The zero-order valence-corrected chi connectivity index (χ0v) is 15.4. The lowest BCUT2D eigenvalue weighted by Crippen LogP contribution is -2.44. The first-order valence-corrected chi connectivity index (χ1v) is 9.21. The lowest BCUT2D eigenvalue weighted by molar-refractivity contribution is 0.649. The second-order valence-corrected chi connectivity index (χ2v) is 7.14. The van der Waals surface area contributed by atoms with E-state index in [2.05, 4.69) is 56.7 Å². The number of aryl methyl sites for hydroxylation is 2. The number of aliphatic imine (C=N–C) groups is 1. The van der Waals surface area contributed by atoms with Crippen LogP contribution in [0.15, 0.2) is 34.8 Å². The number of nitrogens with one attached hydrogen (secondary N) is 2. The van der Waals surface area contributed by atoms with Gasteiger partial charge < -0.3 is 15.5 Å². The monoisotopic (exact) mass is 343 g/mol. The van der Waals surface area contributed by atoms with E-state index in [9.17, 15) is 0 Å². The molecule has 0 radical (unpaired) electrons. The van der Waals surface area contributed by atoms with Gasteiger partial charge in [0.2, 0.25) is 0 Å². The summed E-state index contributed by atoms with van der Waals surface area (Å²) in [5, 5.41) is 6.93. The van der Waals surface area contributed by atoms with Crippen molar-refractivity contribution in [1.29, 1.82) is 0 Å². The van der Waals surface area contributed by atoms with Crippen molar-refractivity contribution in [1.82, 2.24) is 15.6 Å². The molecule has 0 saturated carbocycles. The Morgan fingerprint density at radius 1 is 1.33 bits per heavy atom. The maximum atomic E-state index is 4.35. The summed E-state index contributed by atoms with van der Waals surface area (Å²) < 4.78 is 0. The van der Waals surface area contributed by atoms with Crippen LogP contribution >= 0.6 is 11.3 Å². The maximum absolute atomic E-state index is 4.35. The molecule has 0 spiro atoms. The van der Waals surface area contributed by atoms with E-state index in [0.29, 0.717) is 6.04 Å². The fourth-order valence-corrected chi connectivity index (χ4v) is 3.63. The normalized spacial score (nSPS) is 18.0. The van der Waals surface area contributed by atoms with Crippen LogP contribution in [0.1, 0.15) is 22.6 Å². The molecule has 24 heavy (non-hydrogen) atoms. The molecule has 0 bridgehead atoms. The number of rotatable bonds is 4. The number of benzene rings is 1. The van der Waals surface area contributed by atoms with Gasteiger partial charge >= 0.3 is 0 Å². The molecule has 128 valence electrons. The summed E-state index contributed by atoms with van der Waals surface area (Å²) in [4.78, 5) is 12.3. The molecule has 1 aliphatic rings. The lowest BCUT2D eigenvalue weighted by Gasteiger charge is -2.20. The first-order chi connectivity index (χ1) is 11.7. The number of guanidine groups is 1. The Labute approximate surface area is 147 Å². The number of aromatic nitrogens is 1. The van der Waals surface area contributed by atoms with Crippen LogP contribution in [0.5, 0.6) is 0 Å². The van der Waals surface area contributed by atoms with E-state index < -0.39 is 0 Å². The van der Waals surface area contributed by atoms with Crippen LogP contribution in [0.2, 0.25) is 0 Å². The van der Waals surface area contributed by atoms with Gasteiger partial charge in [-0.1, -0.05) is 17.7 Å². The van der Waals surface area contributed by atoms with Gasteiger partial charge in [0, 0.05) is 36.7 Å². The molecule has 2 aromatic rings. The molecule has 1 aromatic carbocycles. The quantitative estimate of drug-likeness (QED) is 0.662. The van der Waals surface area contributed by atoms with Crippen molar-refractivity contribution in [3.05, 3.63) is 45.9 Å². The van der Waals surface area contributed by atoms with Crippen molar-refractivity contribution in [3.8, 4) is 0 Å². The summed E-state index contributed by atoms with van der Waals surface area (Å²) in [5.41, 5.74) is 5.58. The number of hydrogen-bond donors (Lipinski definition) is 2. The Hall–Kier alpha value is -2.08. The minimum Gasteiger partial charge on any atom is -0.369 e. The highest BCUT2D eigenvalue weighted by molar-refractivity contribution is 7.09. The van der Waals surface area contributed by atoms with Crippen molar-refractivity contribution in [2.24, 2.45) is 4.99 Å². The van der Waals surface area contributed by atoms with Crippen molar-refractivity contribution in [3.63, 3.8) is 0 Å². The smallest absolute Gasteiger partial charge is 0.191 e. The fraction of sp³-hybridized carbons (Fsp3) is 0.444. The number of nitrogens with zero attached hydrogens (tertiary/aromatic N) is 3. The van der Waals surface area contributed by atoms with E-state index in [0.717, 1.165) is 37.7 Å². The van der Waals surface area contributed by atoms with Crippen LogP contribution in [0, 0.1) is 13.8 Å². The third-order valence-electron chi connectivity index (χ3n) is 4.41. The van der Waals surface area contributed by atoms with E-state index in [-0.39, 0.29) is 0 Å². The zero-order chi connectivity index (χ0) is 16.9. The molecule has 1 atom stereocenters. The van der Waals surface area contributed by atoms with Gasteiger partial charge in [-0.25, -0.2) is 4.98 Å². The van der Waals surface area contributed by atoms with Crippen LogP contribution in [0.25, 0.3) is 0 Å². The predicted molar refractivity (Wildman–Crippen MR) is 102 cm³/mol. The van der Waals surface area contributed by atoms with Gasteiger partial charge in [0.05, 0.1) is 17.7 Å². The molecule has 1 fully saturated rings. The second-order valence-electron chi connectivity index (χ2n) is 6.20. The van der Waals surface area contributed by atoms with Crippen LogP contribution in [-0.2, 0) is 6.54 Å². The summed E-state index contributed by atoms with van der Waals surface area (Å²) in [6, 6.07) is 9.18. The largest absolute Gasteiger partial charge is 0.369 e. The second kappa shape index (κ2) is 7.66. The fourth-order valence-electron chi connectivity index (χ4n) is 2.92. The molecule has 3 rings (SSSR count). The van der Waals surface area contributed by atoms with E-state index in [1.807, 2.05) is 19.5 Å². The number of thiazole rings is 1. The molecule has 5 nitrogen and oxygen atoms in total. The Balaban J connectivity index is 1.52. The van der Waals surface area contributed by atoms with Gasteiger partial charge in [-0.2, -0.15) is 0 Å². The topological polar surface area (TPSA) is 52.6 Å². The summed E-state index contributed by atoms with van der Waals surface area (Å²) >= 11 is 1.68. The molecule has 0 aliphatic carbocycles. The predicted octanol–water partition coefficient (Wildman–Crippen LogP) is 2.70. The van der Waals surface area contributed by atoms with Gasteiger partial charge in [-0.15, -0.1) is 11.3 Å². The summed E-state index contributed by atoms with van der Waals surface area (Å²) in [6.45, 7) is 7.01. The van der Waals surface area contributed by atoms with Crippen molar-refractivity contribution in [2.75, 3.05) is 25.0 Å². The highest BCUT2D eigenvalue weighted by atomic mass is 32.1. The van der Waals surface area contributed by atoms with Gasteiger partial charge in [-0.05, 0) is 32.4 Å². The van der Waals surface area contributed by atoms with Crippen LogP contribution in [-0.4, -0.2) is 37.1 Å². The first-order valence-electron chi connectivity index (χ1n) is 8.33. The van der Waals surface area contributed by atoms with Crippen molar-refractivity contribution in [2.45, 2.75) is 32.9 Å². The number of anilines is 1. The average Bonchev–Trinajstić information content (AvgIpc) is 3.21. The van der Waals surface area contributed by atoms with Gasteiger partial charge in [0.15, 0.2) is 5.96 Å². The molecule has 2 heterocycles. The summed E-state index contributed by atoms with van der Waals surface area (Å²) in [5.74, 6) is 0.860. The van der Waals surface area contributed by atoms with Crippen molar-refractivity contribution >= 4 is 23.0 Å². The van der Waals surface area contributed by atoms with Gasteiger partial charge in [0.1, 0.15) is 0 Å².